The summed E-state index contributed by atoms with van der Waals surface area (Å²) in [6.45, 7) is 7.34. The third kappa shape index (κ3) is 8.79. The van der Waals surface area contributed by atoms with E-state index < -0.39 is 42.9 Å². The van der Waals surface area contributed by atoms with Crippen LogP contribution in [0.2, 0.25) is 0 Å². The Morgan fingerprint density at radius 1 is 1.15 bits per heavy atom. The van der Waals surface area contributed by atoms with Gasteiger partial charge in [0.25, 0.3) is 5.91 Å². The summed E-state index contributed by atoms with van der Waals surface area (Å²) in [5.74, 6) is -1.75. The molecule has 0 bridgehead atoms. The van der Waals surface area contributed by atoms with Crippen LogP contribution >= 0.6 is 0 Å². The number of carbonyl (C=O) groups excluding carboxylic acids is 3. The van der Waals surface area contributed by atoms with E-state index in [2.05, 4.69) is 10.3 Å². The first kappa shape index (κ1) is 31.6. The van der Waals surface area contributed by atoms with Crippen molar-refractivity contribution in [2.45, 2.75) is 110 Å². The largest absolute Gasteiger partial charge is 0.493 e. The number of carbonyl (C=O) groups is 3. The number of hydrogen-bond acceptors (Lipinski definition) is 10. The van der Waals surface area contributed by atoms with Gasteiger partial charge in [-0.3, -0.25) is 9.59 Å². The predicted molar refractivity (Wildman–Crippen MR) is 145 cm³/mol. The van der Waals surface area contributed by atoms with Crippen molar-refractivity contribution in [3.05, 3.63) is 18.0 Å². The van der Waals surface area contributed by atoms with E-state index in [4.69, 9.17) is 28.4 Å². The second kappa shape index (κ2) is 15.8. The van der Waals surface area contributed by atoms with Gasteiger partial charge in [-0.05, 0) is 45.4 Å². The molecule has 1 aromatic heterocycles. The van der Waals surface area contributed by atoms with Gasteiger partial charge in [-0.1, -0.05) is 33.6 Å². The van der Waals surface area contributed by atoms with E-state index in [9.17, 15) is 14.4 Å². The van der Waals surface area contributed by atoms with E-state index in [1.165, 1.54) is 19.4 Å². The van der Waals surface area contributed by atoms with Crippen LogP contribution in [0.15, 0.2) is 12.3 Å². The molecule has 0 radical (unpaired) electrons. The highest BCUT2D eigenvalue weighted by Gasteiger charge is 2.37. The van der Waals surface area contributed by atoms with Crippen LogP contribution in [-0.4, -0.2) is 73.8 Å². The van der Waals surface area contributed by atoms with Crippen molar-refractivity contribution in [3.8, 4) is 11.5 Å². The molecule has 224 valence electrons. The highest BCUT2D eigenvalue weighted by Crippen LogP contribution is 2.31. The highest BCUT2D eigenvalue weighted by atomic mass is 16.7. The molecule has 2 heterocycles. The second-order valence-corrected chi connectivity index (χ2v) is 10.6. The molecule has 2 aliphatic rings. The maximum absolute atomic E-state index is 13.3. The Morgan fingerprint density at radius 2 is 1.90 bits per heavy atom. The molecule has 0 spiro atoms. The van der Waals surface area contributed by atoms with Crippen LogP contribution < -0.4 is 14.8 Å². The molecule has 2 fully saturated rings. The van der Waals surface area contributed by atoms with Crippen molar-refractivity contribution in [1.29, 1.82) is 0 Å². The van der Waals surface area contributed by atoms with Gasteiger partial charge in [-0.2, -0.15) is 0 Å². The van der Waals surface area contributed by atoms with Gasteiger partial charge in [0.2, 0.25) is 6.79 Å². The lowest BCUT2D eigenvalue weighted by atomic mass is 10.0. The number of nitrogens with one attached hydrogen (secondary N) is 1. The van der Waals surface area contributed by atoms with E-state index in [-0.39, 0.29) is 35.3 Å². The zero-order valence-electron chi connectivity index (χ0n) is 24.3. The van der Waals surface area contributed by atoms with E-state index >= 15 is 0 Å². The van der Waals surface area contributed by atoms with Gasteiger partial charge in [0.15, 0.2) is 17.2 Å². The summed E-state index contributed by atoms with van der Waals surface area (Å²) in [4.78, 5) is 42.5. The van der Waals surface area contributed by atoms with Crippen LogP contribution in [0.1, 0.15) is 89.5 Å². The maximum atomic E-state index is 13.3. The van der Waals surface area contributed by atoms with Gasteiger partial charge in [0.05, 0.1) is 25.2 Å². The van der Waals surface area contributed by atoms with Crippen LogP contribution in [-0.2, 0) is 28.5 Å². The number of rotatable bonds is 12. The minimum absolute atomic E-state index is 0.00177. The fourth-order valence-corrected chi connectivity index (χ4v) is 4.92. The number of ether oxygens (including phenoxy) is 6. The van der Waals surface area contributed by atoms with Crippen molar-refractivity contribution in [3.63, 3.8) is 0 Å². The van der Waals surface area contributed by atoms with Crippen LogP contribution in [0.3, 0.4) is 0 Å². The number of methoxy groups -OCH3 is 1. The summed E-state index contributed by atoms with van der Waals surface area (Å²) in [5, 5.41) is 2.76. The van der Waals surface area contributed by atoms with Gasteiger partial charge < -0.3 is 33.7 Å². The Bertz CT molecular complexity index is 980. The second-order valence-electron chi connectivity index (χ2n) is 10.6. The molecule has 0 aromatic carbocycles. The molecule has 4 atom stereocenters. The Labute approximate surface area is 236 Å². The van der Waals surface area contributed by atoms with E-state index in [0.29, 0.717) is 25.9 Å². The third-order valence-electron chi connectivity index (χ3n) is 7.07. The number of cyclic esters (lactones) is 1. The number of esters is 2. The predicted octanol–water partition coefficient (Wildman–Crippen LogP) is 3.96. The summed E-state index contributed by atoms with van der Waals surface area (Å²) >= 11 is 0. The molecular formula is C29H44N2O9. The maximum Gasteiger partial charge on any atom is 0.329 e. The molecule has 1 aliphatic carbocycles. The molecule has 11 heteroatoms. The monoisotopic (exact) mass is 564 g/mol. The minimum Gasteiger partial charge on any atom is -0.493 e. The van der Waals surface area contributed by atoms with Crippen molar-refractivity contribution in [2.75, 3.05) is 20.5 Å². The van der Waals surface area contributed by atoms with E-state index in [1.54, 1.807) is 20.8 Å². The van der Waals surface area contributed by atoms with Crippen molar-refractivity contribution < 1.29 is 42.8 Å². The number of hydrogen-bond donors (Lipinski definition) is 1. The quantitative estimate of drug-likeness (QED) is 0.294. The third-order valence-corrected chi connectivity index (χ3v) is 7.07. The van der Waals surface area contributed by atoms with Gasteiger partial charge >= 0.3 is 11.9 Å². The molecule has 1 N–H and O–H groups in total. The lowest BCUT2D eigenvalue weighted by Gasteiger charge is -2.32. The van der Waals surface area contributed by atoms with Crippen LogP contribution in [0.5, 0.6) is 11.5 Å². The average Bonchev–Trinajstić information content (AvgIpc) is 3.45. The highest BCUT2D eigenvalue weighted by molar-refractivity contribution is 5.98. The van der Waals surface area contributed by atoms with Gasteiger partial charge in [0.1, 0.15) is 18.2 Å². The van der Waals surface area contributed by atoms with Gasteiger partial charge in [-0.25, -0.2) is 9.78 Å². The Balaban J connectivity index is 1.73. The fourth-order valence-electron chi connectivity index (χ4n) is 4.92. The van der Waals surface area contributed by atoms with E-state index in [1.807, 2.05) is 6.92 Å². The standard InChI is InChI=1S/C29H44N2O9/c1-6-16-36-25-19(4)39-29(34)21(12-9-13-23(25)40-20-10-7-8-11-20)31-27(32)24-26(22(35-5)14-15-30-24)37-17-38-28(33)18(2)3/h14-15,18-21,23,25H,6-13,16-17H2,1-5H3,(H,31,32)/t19-,21-,23-,25-/m0/s1. The number of amides is 1. The number of aromatic nitrogens is 1. The molecule has 1 saturated heterocycles. The topological polar surface area (TPSA) is 132 Å². The van der Waals surface area contributed by atoms with Gasteiger partial charge in [-0.15, -0.1) is 0 Å². The molecule has 1 aliphatic heterocycles. The summed E-state index contributed by atoms with van der Waals surface area (Å²) in [6.07, 6.45) is 7.26. The fraction of sp³-hybridized carbons (Fsp3) is 0.724. The Kier molecular flexibility index (Phi) is 12.5. The Morgan fingerprint density at radius 3 is 2.58 bits per heavy atom. The molecule has 3 rings (SSSR count). The number of nitrogens with zero attached hydrogens (tertiary/aromatic N) is 1. The molecule has 11 nitrogen and oxygen atoms in total. The van der Waals surface area contributed by atoms with E-state index in [0.717, 1.165) is 32.1 Å². The van der Waals surface area contributed by atoms with Crippen LogP contribution in [0.25, 0.3) is 0 Å². The molecule has 1 amide bonds. The molecule has 1 aromatic rings. The minimum atomic E-state index is -0.911. The van der Waals surface area contributed by atoms with Crippen molar-refractivity contribution >= 4 is 17.8 Å². The summed E-state index contributed by atoms with van der Waals surface area (Å²) in [5.41, 5.74) is -0.104. The van der Waals surface area contributed by atoms with Crippen molar-refractivity contribution in [1.82, 2.24) is 10.3 Å². The zero-order valence-corrected chi connectivity index (χ0v) is 24.3. The summed E-state index contributed by atoms with van der Waals surface area (Å²) in [7, 11) is 1.42. The smallest absolute Gasteiger partial charge is 0.329 e. The number of pyridine rings is 1. The Hall–Kier alpha value is -2.92. The summed E-state index contributed by atoms with van der Waals surface area (Å²) < 4.78 is 34.4. The lowest BCUT2D eigenvalue weighted by molar-refractivity contribution is -0.171. The first-order valence-electron chi connectivity index (χ1n) is 14.4. The lowest BCUT2D eigenvalue weighted by Crippen LogP contribution is -2.46. The zero-order chi connectivity index (χ0) is 29.1. The SMILES string of the molecule is CCCO[C@H]1[C@H](C)OC(=O)[C@@H](NC(=O)c2nccc(OC)c2OCOC(=O)C(C)C)CCC[C@@H]1OC1CCCC1. The van der Waals surface area contributed by atoms with Crippen LogP contribution in [0, 0.1) is 5.92 Å². The first-order chi connectivity index (χ1) is 19.2. The molecule has 40 heavy (non-hydrogen) atoms. The molecule has 0 unspecified atom stereocenters. The molecule has 1 saturated carbocycles. The van der Waals surface area contributed by atoms with Crippen LogP contribution in [0.4, 0.5) is 0 Å². The molecular weight excluding hydrogens is 520 g/mol. The first-order valence-corrected chi connectivity index (χ1v) is 14.4. The average molecular weight is 565 g/mol. The normalized spacial score (nSPS) is 24.0. The summed E-state index contributed by atoms with van der Waals surface area (Å²) in [6, 6.07) is 0.611. The van der Waals surface area contributed by atoms with Crippen molar-refractivity contribution in [2.24, 2.45) is 5.92 Å². The van der Waals surface area contributed by atoms with Gasteiger partial charge in [0, 0.05) is 18.9 Å².